The van der Waals surface area contributed by atoms with Crippen LogP contribution in [-0.4, -0.2) is 35.9 Å². The summed E-state index contributed by atoms with van der Waals surface area (Å²) in [4.78, 5) is 15.1. The van der Waals surface area contributed by atoms with Crippen LogP contribution in [0.3, 0.4) is 0 Å². The maximum atomic E-state index is 11.7. The maximum absolute atomic E-state index is 11.7. The molecule has 0 spiro atoms. The molecule has 0 radical (unpaired) electrons. The van der Waals surface area contributed by atoms with E-state index in [9.17, 15) is 9.90 Å². The summed E-state index contributed by atoms with van der Waals surface area (Å²) >= 11 is 0. The number of fused-ring (bicyclic) bond motifs is 1. The van der Waals surface area contributed by atoms with Gasteiger partial charge in [-0.3, -0.25) is 4.79 Å². The van der Waals surface area contributed by atoms with Crippen LogP contribution in [0.25, 0.3) is 22.2 Å². The van der Waals surface area contributed by atoms with Crippen molar-refractivity contribution in [2.75, 3.05) is 13.7 Å². The summed E-state index contributed by atoms with van der Waals surface area (Å²) < 4.78 is 17.3. The van der Waals surface area contributed by atoms with Crippen LogP contribution in [0.5, 0.6) is 17.2 Å². The summed E-state index contributed by atoms with van der Waals surface area (Å²) in [6, 6.07) is 11.5. The van der Waals surface area contributed by atoms with Crippen molar-refractivity contribution in [3.8, 4) is 28.5 Å². The van der Waals surface area contributed by atoms with Crippen molar-refractivity contribution in [1.82, 2.24) is 4.98 Å². The van der Waals surface area contributed by atoms with E-state index in [1.54, 1.807) is 7.11 Å². The van der Waals surface area contributed by atoms with Crippen LogP contribution >= 0.6 is 0 Å². The molecule has 4 rings (SSSR count). The van der Waals surface area contributed by atoms with Crippen molar-refractivity contribution in [3.05, 3.63) is 42.0 Å². The van der Waals surface area contributed by atoms with E-state index in [1.807, 2.05) is 43.3 Å². The standard InChI is InChI=1S/C25H29NO5/c1-3-30-22-12-9-16(13-23(22)29-2)25-20(15-24(27)28)19-14-18(10-11-21(19)26-25)31-17-7-5-4-6-8-17/h9-14,17,26H,3-8,15H2,1-2H3,(H,27,28). The maximum Gasteiger partial charge on any atom is 0.307 e. The van der Waals surface area contributed by atoms with Gasteiger partial charge in [-0.25, -0.2) is 0 Å². The predicted molar refractivity (Wildman–Crippen MR) is 120 cm³/mol. The molecule has 0 bridgehead atoms. The van der Waals surface area contributed by atoms with Crippen LogP contribution < -0.4 is 14.2 Å². The molecule has 1 aromatic heterocycles. The van der Waals surface area contributed by atoms with Crippen molar-refractivity contribution < 1.29 is 24.1 Å². The van der Waals surface area contributed by atoms with E-state index < -0.39 is 5.97 Å². The van der Waals surface area contributed by atoms with Gasteiger partial charge in [0, 0.05) is 16.5 Å². The minimum Gasteiger partial charge on any atom is -0.493 e. The molecule has 31 heavy (non-hydrogen) atoms. The Labute approximate surface area is 182 Å². The second kappa shape index (κ2) is 9.33. The van der Waals surface area contributed by atoms with Gasteiger partial charge in [-0.1, -0.05) is 6.42 Å². The van der Waals surface area contributed by atoms with Gasteiger partial charge in [-0.05, 0) is 74.6 Å². The third-order valence-electron chi connectivity index (χ3n) is 5.81. The van der Waals surface area contributed by atoms with Crippen molar-refractivity contribution in [2.24, 2.45) is 0 Å². The number of aliphatic carboxylic acids is 1. The van der Waals surface area contributed by atoms with Gasteiger partial charge in [0.2, 0.25) is 0 Å². The molecule has 1 aliphatic carbocycles. The van der Waals surface area contributed by atoms with Crippen LogP contribution in [0.15, 0.2) is 36.4 Å². The molecule has 1 heterocycles. The Bertz CT molecular complexity index is 1070. The fraction of sp³-hybridized carbons (Fsp3) is 0.400. The van der Waals surface area contributed by atoms with E-state index in [-0.39, 0.29) is 12.5 Å². The molecule has 0 amide bonds. The van der Waals surface area contributed by atoms with Gasteiger partial charge in [-0.15, -0.1) is 0 Å². The lowest BCUT2D eigenvalue weighted by Crippen LogP contribution is -2.19. The van der Waals surface area contributed by atoms with E-state index in [2.05, 4.69) is 4.98 Å². The minimum absolute atomic E-state index is 0.0856. The van der Waals surface area contributed by atoms with E-state index >= 15 is 0 Å². The third kappa shape index (κ3) is 4.63. The molecular formula is C25H29NO5. The van der Waals surface area contributed by atoms with E-state index in [0.29, 0.717) is 18.1 Å². The average Bonchev–Trinajstić information content (AvgIpc) is 3.12. The number of methoxy groups -OCH3 is 1. The first-order chi connectivity index (χ1) is 15.1. The monoisotopic (exact) mass is 423 g/mol. The number of hydrogen-bond acceptors (Lipinski definition) is 4. The number of aromatic amines is 1. The molecular weight excluding hydrogens is 394 g/mol. The number of aromatic nitrogens is 1. The summed E-state index contributed by atoms with van der Waals surface area (Å²) in [5.41, 5.74) is 3.24. The number of H-pyrrole nitrogens is 1. The molecule has 6 nitrogen and oxygen atoms in total. The molecule has 0 unspecified atom stereocenters. The molecule has 0 saturated heterocycles. The van der Waals surface area contributed by atoms with E-state index in [1.165, 1.54) is 19.3 Å². The number of ether oxygens (including phenoxy) is 3. The predicted octanol–water partition coefficient (Wildman–Crippen LogP) is 5.58. The van der Waals surface area contributed by atoms with E-state index in [4.69, 9.17) is 14.2 Å². The molecule has 3 aromatic rings. The van der Waals surface area contributed by atoms with Crippen LogP contribution in [-0.2, 0) is 11.2 Å². The van der Waals surface area contributed by atoms with Gasteiger partial charge in [0.25, 0.3) is 0 Å². The normalized spacial score (nSPS) is 14.5. The molecule has 2 aromatic carbocycles. The molecule has 0 atom stereocenters. The molecule has 0 aliphatic heterocycles. The SMILES string of the molecule is CCOc1ccc(-c2[nH]c3ccc(OC4CCCCC4)cc3c2CC(=O)O)cc1OC. The van der Waals surface area contributed by atoms with Gasteiger partial charge in [-0.2, -0.15) is 0 Å². The molecule has 1 aliphatic rings. The summed E-state index contributed by atoms with van der Waals surface area (Å²) in [5, 5.41) is 10.4. The van der Waals surface area contributed by atoms with Crippen molar-refractivity contribution in [2.45, 2.75) is 51.6 Å². The molecule has 1 fully saturated rings. The van der Waals surface area contributed by atoms with Gasteiger partial charge in [0.1, 0.15) is 5.75 Å². The molecule has 6 heteroatoms. The highest BCUT2D eigenvalue weighted by molar-refractivity contribution is 5.95. The number of carboxylic acids is 1. The second-order valence-electron chi connectivity index (χ2n) is 7.93. The van der Waals surface area contributed by atoms with Gasteiger partial charge >= 0.3 is 5.97 Å². The molecule has 1 saturated carbocycles. The summed E-state index contributed by atoms with van der Waals surface area (Å²) in [6.07, 6.45) is 5.97. The zero-order valence-corrected chi connectivity index (χ0v) is 18.1. The van der Waals surface area contributed by atoms with Gasteiger partial charge in [0.15, 0.2) is 11.5 Å². The smallest absolute Gasteiger partial charge is 0.307 e. The first kappa shape index (κ1) is 21.1. The summed E-state index contributed by atoms with van der Waals surface area (Å²) in [5.74, 6) is 1.19. The topological polar surface area (TPSA) is 80.8 Å². The Morgan fingerprint density at radius 2 is 1.90 bits per heavy atom. The summed E-state index contributed by atoms with van der Waals surface area (Å²) in [6.45, 7) is 2.46. The molecule has 2 N–H and O–H groups in total. The number of carboxylic acid groups (broad SMARTS) is 1. The fourth-order valence-electron chi connectivity index (χ4n) is 4.35. The number of nitrogens with one attached hydrogen (secondary N) is 1. The lowest BCUT2D eigenvalue weighted by Gasteiger charge is -2.23. The van der Waals surface area contributed by atoms with Crippen LogP contribution in [0.1, 0.15) is 44.6 Å². The quantitative estimate of drug-likeness (QED) is 0.494. The Morgan fingerprint density at radius 3 is 2.61 bits per heavy atom. The largest absolute Gasteiger partial charge is 0.493 e. The summed E-state index contributed by atoms with van der Waals surface area (Å²) in [7, 11) is 1.60. The van der Waals surface area contributed by atoms with Gasteiger partial charge in [0.05, 0.1) is 31.9 Å². The van der Waals surface area contributed by atoms with Crippen molar-refractivity contribution in [1.29, 1.82) is 0 Å². The third-order valence-corrected chi connectivity index (χ3v) is 5.81. The Kier molecular flexibility index (Phi) is 6.35. The number of benzene rings is 2. The zero-order valence-electron chi connectivity index (χ0n) is 18.1. The highest BCUT2D eigenvalue weighted by atomic mass is 16.5. The Morgan fingerprint density at radius 1 is 1.10 bits per heavy atom. The zero-order chi connectivity index (χ0) is 21.8. The van der Waals surface area contributed by atoms with Crippen LogP contribution in [0.2, 0.25) is 0 Å². The fourth-order valence-corrected chi connectivity index (χ4v) is 4.35. The Balaban J connectivity index is 1.75. The first-order valence-electron chi connectivity index (χ1n) is 10.9. The minimum atomic E-state index is -0.876. The van der Waals surface area contributed by atoms with Gasteiger partial charge < -0.3 is 24.3 Å². The first-order valence-corrected chi connectivity index (χ1v) is 10.9. The Hall–Kier alpha value is -3.15. The highest BCUT2D eigenvalue weighted by Gasteiger charge is 2.20. The number of rotatable bonds is 8. The average molecular weight is 424 g/mol. The van der Waals surface area contributed by atoms with Crippen LogP contribution in [0, 0.1) is 0 Å². The highest BCUT2D eigenvalue weighted by Crippen LogP contribution is 2.37. The molecule has 164 valence electrons. The lowest BCUT2D eigenvalue weighted by molar-refractivity contribution is -0.136. The van der Waals surface area contributed by atoms with Crippen molar-refractivity contribution >= 4 is 16.9 Å². The number of carbonyl (C=O) groups is 1. The lowest BCUT2D eigenvalue weighted by atomic mass is 9.97. The van der Waals surface area contributed by atoms with Crippen molar-refractivity contribution in [3.63, 3.8) is 0 Å². The van der Waals surface area contributed by atoms with Crippen LogP contribution in [0.4, 0.5) is 0 Å². The number of hydrogen-bond donors (Lipinski definition) is 2. The second-order valence-corrected chi connectivity index (χ2v) is 7.93. The van der Waals surface area contributed by atoms with E-state index in [0.717, 1.165) is 46.3 Å².